The zero-order valence-corrected chi connectivity index (χ0v) is 22.8. The Morgan fingerprint density at radius 3 is 2.24 bits per heavy atom. The van der Waals surface area contributed by atoms with Gasteiger partial charge in [0, 0.05) is 29.5 Å². The number of amides is 2. The zero-order valence-electron chi connectivity index (χ0n) is 22.8. The van der Waals surface area contributed by atoms with Gasteiger partial charge in [-0.25, -0.2) is 9.78 Å². The van der Waals surface area contributed by atoms with Crippen LogP contribution in [0.5, 0.6) is 5.88 Å². The summed E-state index contributed by atoms with van der Waals surface area (Å²) < 4.78 is 45.5. The monoisotopic (exact) mass is 569 g/mol. The fourth-order valence-electron chi connectivity index (χ4n) is 5.86. The highest BCUT2D eigenvalue weighted by molar-refractivity contribution is 5.99. The number of aliphatic hydroxyl groups excluding tert-OH is 1. The van der Waals surface area contributed by atoms with Crippen LogP contribution in [0, 0.1) is 0 Å². The van der Waals surface area contributed by atoms with Crippen molar-refractivity contribution in [3.05, 3.63) is 66.2 Å². The molecule has 1 aliphatic heterocycles. The second kappa shape index (κ2) is 10.1. The Labute approximate surface area is 235 Å². The minimum atomic E-state index is -4.62. The lowest BCUT2D eigenvalue weighted by Crippen LogP contribution is -2.64. The number of aliphatic hydroxyl groups is 1. The Morgan fingerprint density at radius 2 is 1.71 bits per heavy atom. The molecule has 2 aliphatic rings. The van der Waals surface area contributed by atoms with Gasteiger partial charge in [-0.05, 0) is 38.0 Å². The topological polar surface area (TPSA) is 103 Å². The van der Waals surface area contributed by atoms with Crippen LogP contribution in [-0.2, 0) is 10.3 Å². The number of rotatable bonds is 5. The van der Waals surface area contributed by atoms with Crippen molar-refractivity contribution in [2.75, 3.05) is 18.1 Å². The number of fused-ring (bicyclic) bond motifs is 1. The molecule has 8 nitrogen and oxygen atoms in total. The van der Waals surface area contributed by atoms with Crippen molar-refractivity contribution >= 4 is 17.7 Å². The van der Waals surface area contributed by atoms with Crippen molar-refractivity contribution in [1.29, 1.82) is 0 Å². The number of halogens is 3. The second-order valence-electron chi connectivity index (χ2n) is 11.4. The number of carbonyl (C=O) groups is 2. The fraction of sp³-hybridized carbons (Fsp3) is 0.367. The Hall–Kier alpha value is -4.12. The van der Waals surface area contributed by atoms with Crippen molar-refractivity contribution in [3.63, 3.8) is 0 Å². The number of ether oxygens (including phenoxy) is 1. The first kappa shape index (κ1) is 28.4. The third-order valence-corrected chi connectivity index (χ3v) is 7.45. The molecule has 2 heterocycles. The molecule has 41 heavy (non-hydrogen) atoms. The minimum Gasteiger partial charge on any atom is -0.466 e. The summed E-state index contributed by atoms with van der Waals surface area (Å²) in [5.74, 6) is -0.904. The van der Waals surface area contributed by atoms with Gasteiger partial charge in [-0.2, -0.15) is 13.2 Å². The maximum absolute atomic E-state index is 13.3. The van der Waals surface area contributed by atoms with E-state index in [-0.39, 0.29) is 24.4 Å². The molecule has 2 amide bonds. The Morgan fingerprint density at radius 1 is 1.07 bits per heavy atom. The van der Waals surface area contributed by atoms with Crippen molar-refractivity contribution in [2.24, 2.45) is 0 Å². The van der Waals surface area contributed by atoms with E-state index in [1.807, 2.05) is 6.07 Å². The number of alkyl halides is 3. The molecule has 0 radical (unpaired) electrons. The van der Waals surface area contributed by atoms with E-state index in [4.69, 9.17) is 4.74 Å². The number of carboxylic acid groups (broad SMARTS) is 1. The average molecular weight is 570 g/mol. The van der Waals surface area contributed by atoms with Crippen LogP contribution in [0.3, 0.4) is 0 Å². The minimum absolute atomic E-state index is 0.0671. The summed E-state index contributed by atoms with van der Waals surface area (Å²) in [7, 11) is 0. The molecule has 3 aromatic rings. The van der Waals surface area contributed by atoms with Crippen LogP contribution in [-0.4, -0.2) is 63.1 Å². The molecule has 1 aliphatic carbocycles. The lowest BCUT2D eigenvalue weighted by atomic mass is 9.67. The van der Waals surface area contributed by atoms with E-state index in [1.165, 1.54) is 11.0 Å². The summed E-state index contributed by atoms with van der Waals surface area (Å²) in [5.41, 5.74) is 1.21. The van der Waals surface area contributed by atoms with Gasteiger partial charge in [-0.3, -0.25) is 14.6 Å². The quantitative estimate of drug-likeness (QED) is 0.401. The van der Waals surface area contributed by atoms with Crippen LogP contribution in [0.25, 0.3) is 22.4 Å². The summed E-state index contributed by atoms with van der Waals surface area (Å²) in [5, 5.41) is 20.3. The number of benzene rings is 2. The molecule has 5 rings (SSSR count). The molecule has 1 saturated carbocycles. The molecule has 216 valence electrons. The molecule has 1 aromatic heterocycles. The molecule has 0 spiro atoms. The average Bonchev–Trinajstić information content (AvgIpc) is 2.87. The molecule has 11 heteroatoms. The molecule has 0 atom stereocenters. The first-order chi connectivity index (χ1) is 19.2. The maximum atomic E-state index is 13.3. The van der Waals surface area contributed by atoms with Gasteiger partial charge in [-0.15, -0.1) is 0 Å². The van der Waals surface area contributed by atoms with Gasteiger partial charge in [0.2, 0.25) is 5.88 Å². The third kappa shape index (κ3) is 5.33. The largest absolute Gasteiger partial charge is 0.466 e. The normalized spacial score (nSPS) is 20.6. The van der Waals surface area contributed by atoms with E-state index >= 15 is 0 Å². The first-order valence-electron chi connectivity index (χ1n) is 13.1. The van der Waals surface area contributed by atoms with Crippen molar-refractivity contribution < 1.29 is 37.7 Å². The summed E-state index contributed by atoms with van der Waals surface area (Å²) in [6.45, 7) is 3.38. The molecular weight excluding hydrogens is 539 g/mol. The van der Waals surface area contributed by atoms with Gasteiger partial charge in [-0.1, -0.05) is 54.6 Å². The fourth-order valence-corrected chi connectivity index (χ4v) is 5.86. The predicted octanol–water partition coefficient (Wildman–Crippen LogP) is 5.83. The lowest BCUT2D eigenvalue weighted by Gasteiger charge is -2.56. The second-order valence-corrected chi connectivity index (χ2v) is 11.4. The Bertz CT molecular complexity index is 1460. The van der Waals surface area contributed by atoms with Gasteiger partial charge in [0.05, 0.1) is 17.3 Å². The number of carbonyl (C=O) groups excluding carboxylic acids is 1. The SMILES string of the molecule is CC(C)(C)N(C(=O)O)C1(c2ccc(-c3nc4c(cc3-c3ccccc3)N(CC(F)(F)F)C(=O)CO4)cc2)CC(O)C1. The summed E-state index contributed by atoms with van der Waals surface area (Å²) >= 11 is 0. The number of hydrogen-bond acceptors (Lipinski definition) is 5. The van der Waals surface area contributed by atoms with Gasteiger partial charge in [0.15, 0.2) is 6.61 Å². The van der Waals surface area contributed by atoms with Gasteiger partial charge in [0.1, 0.15) is 12.2 Å². The Balaban J connectivity index is 1.62. The molecule has 0 bridgehead atoms. The molecule has 0 saturated heterocycles. The van der Waals surface area contributed by atoms with Gasteiger partial charge < -0.3 is 14.9 Å². The molecular formula is C30H30F3N3O5. The smallest absolute Gasteiger partial charge is 0.408 e. The number of anilines is 1. The van der Waals surface area contributed by atoms with Crippen LogP contribution >= 0.6 is 0 Å². The van der Waals surface area contributed by atoms with E-state index in [2.05, 4.69) is 4.98 Å². The van der Waals surface area contributed by atoms with E-state index in [0.717, 1.165) is 0 Å². The third-order valence-electron chi connectivity index (χ3n) is 7.45. The van der Waals surface area contributed by atoms with Crippen molar-refractivity contribution in [2.45, 2.75) is 57.0 Å². The molecule has 1 fully saturated rings. The molecule has 0 unspecified atom stereocenters. The standard InChI is InChI=1S/C30H30F3N3O5/c1-28(2,3)36(27(39)40)29(14-21(37)15-29)20-11-9-19(10-12-20)25-22(18-7-5-4-6-8-18)13-23-26(34-25)41-16-24(38)35(23)17-30(31,32)33/h4-13,21,37H,14-17H2,1-3H3,(H,39,40). The predicted molar refractivity (Wildman–Crippen MR) is 146 cm³/mol. The van der Waals surface area contributed by atoms with Gasteiger partial charge >= 0.3 is 12.3 Å². The highest BCUT2D eigenvalue weighted by Crippen LogP contribution is 2.50. The summed E-state index contributed by atoms with van der Waals surface area (Å²) in [6, 6.07) is 17.6. The number of pyridine rings is 1. The van der Waals surface area contributed by atoms with Crippen LogP contribution < -0.4 is 9.64 Å². The maximum Gasteiger partial charge on any atom is 0.408 e. The highest BCUT2D eigenvalue weighted by atomic mass is 19.4. The van der Waals surface area contributed by atoms with Crippen LogP contribution in [0.15, 0.2) is 60.7 Å². The first-order valence-corrected chi connectivity index (χ1v) is 13.1. The lowest BCUT2D eigenvalue weighted by molar-refractivity contribution is -0.134. The number of hydrogen-bond donors (Lipinski definition) is 2. The van der Waals surface area contributed by atoms with Crippen LogP contribution in [0.1, 0.15) is 39.2 Å². The van der Waals surface area contributed by atoms with E-state index in [1.54, 1.807) is 69.3 Å². The Kier molecular flexibility index (Phi) is 6.97. The molecule has 2 aromatic carbocycles. The van der Waals surface area contributed by atoms with E-state index in [0.29, 0.717) is 32.8 Å². The van der Waals surface area contributed by atoms with Crippen molar-refractivity contribution in [3.8, 4) is 28.3 Å². The highest BCUT2D eigenvalue weighted by Gasteiger charge is 2.54. The number of aromatic nitrogens is 1. The molecule has 2 N–H and O–H groups in total. The number of nitrogens with zero attached hydrogens (tertiary/aromatic N) is 3. The van der Waals surface area contributed by atoms with Crippen molar-refractivity contribution in [1.82, 2.24) is 9.88 Å². The zero-order chi connectivity index (χ0) is 29.7. The van der Waals surface area contributed by atoms with Gasteiger partial charge in [0.25, 0.3) is 5.91 Å². The summed E-state index contributed by atoms with van der Waals surface area (Å²) in [6.07, 6.45) is -5.84. The van der Waals surface area contributed by atoms with E-state index < -0.39 is 48.5 Å². The van der Waals surface area contributed by atoms with Crippen LogP contribution in [0.2, 0.25) is 0 Å². The summed E-state index contributed by atoms with van der Waals surface area (Å²) in [4.78, 5) is 31.4. The van der Waals surface area contributed by atoms with E-state index in [9.17, 15) is 33.0 Å². The van der Waals surface area contributed by atoms with Crippen LogP contribution in [0.4, 0.5) is 23.7 Å².